The Kier molecular flexibility index (Phi) is 6.66. The summed E-state index contributed by atoms with van der Waals surface area (Å²) in [6.07, 6.45) is 1.90. The number of nitrogens with zero attached hydrogens (tertiary/aromatic N) is 1. The van der Waals surface area contributed by atoms with Crippen molar-refractivity contribution in [3.63, 3.8) is 0 Å². The first-order chi connectivity index (χ1) is 13.5. The highest BCUT2D eigenvalue weighted by Gasteiger charge is 2.24. The molecular weight excluding hydrogens is 352 g/mol. The quantitative estimate of drug-likeness (QED) is 0.720. The Labute approximate surface area is 166 Å². The summed E-state index contributed by atoms with van der Waals surface area (Å²) in [5.74, 6) is -0.0519. The van der Waals surface area contributed by atoms with Crippen LogP contribution < -0.4 is 16.4 Å². The third-order valence-electron chi connectivity index (χ3n) is 5.38. The maximum atomic E-state index is 12.5. The fraction of sp³-hybridized carbons (Fsp3) is 0.364. The van der Waals surface area contributed by atoms with Crippen LogP contribution in [0.5, 0.6) is 0 Å². The molecule has 0 aromatic heterocycles. The number of rotatable bonds is 6. The van der Waals surface area contributed by atoms with Crippen LogP contribution in [0.25, 0.3) is 0 Å². The summed E-state index contributed by atoms with van der Waals surface area (Å²) in [4.78, 5) is 25.7. The summed E-state index contributed by atoms with van der Waals surface area (Å²) in [6.45, 7) is 4.54. The van der Waals surface area contributed by atoms with Crippen molar-refractivity contribution in [3.05, 3.63) is 71.3 Å². The molecule has 3 rings (SSSR count). The summed E-state index contributed by atoms with van der Waals surface area (Å²) >= 11 is 0. The van der Waals surface area contributed by atoms with E-state index in [-0.39, 0.29) is 11.9 Å². The number of carbonyl (C=O) groups is 2. The van der Waals surface area contributed by atoms with E-state index < -0.39 is 6.03 Å². The number of amides is 3. The van der Waals surface area contributed by atoms with Gasteiger partial charge in [-0.1, -0.05) is 42.5 Å². The molecule has 1 saturated heterocycles. The highest BCUT2D eigenvalue weighted by molar-refractivity contribution is 5.94. The van der Waals surface area contributed by atoms with Gasteiger partial charge in [-0.25, -0.2) is 4.79 Å². The number of hydrogen-bond acceptors (Lipinski definition) is 3. The smallest absolute Gasteiger partial charge is 0.312 e. The average molecular weight is 380 g/mol. The van der Waals surface area contributed by atoms with Crippen LogP contribution in [0.4, 0.5) is 4.79 Å². The summed E-state index contributed by atoms with van der Waals surface area (Å²) < 4.78 is 0. The van der Waals surface area contributed by atoms with E-state index in [0.717, 1.165) is 31.5 Å². The molecule has 1 heterocycles. The second kappa shape index (κ2) is 9.37. The van der Waals surface area contributed by atoms with E-state index in [1.54, 1.807) is 12.1 Å². The van der Waals surface area contributed by atoms with Crippen molar-refractivity contribution >= 4 is 11.9 Å². The van der Waals surface area contributed by atoms with Crippen LogP contribution in [0.2, 0.25) is 0 Å². The summed E-state index contributed by atoms with van der Waals surface area (Å²) in [6, 6.07) is 17.8. The van der Waals surface area contributed by atoms with Crippen LogP contribution in [0.3, 0.4) is 0 Å². The zero-order valence-electron chi connectivity index (χ0n) is 16.2. The number of likely N-dealkylation sites (tertiary alicyclic amines) is 1. The van der Waals surface area contributed by atoms with Crippen molar-refractivity contribution in [1.82, 2.24) is 15.5 Å². The second-order valence-electron chi connectivity index (χ2n) is 7.29. The number of nitrogens with two attached hydrogens (primary N) is 1. The number of carbonyl (C=O) groups excluding carboxylic acids is 2. The molecule has 0 aliphatic carbocycles. The predicted octanol–water partition coefficient (Wildman–Crippen LogP) is 2.81. The highest BCUT2D eigenvalue weighted by Crippen LogP contribution is 2.24. The maximum Gasteiger partial charge on any atom is 0.312 e. The number of nitrogens with one attached hydrogen (secondary N) is 2. The second-order valence-corrected chi connectivity index (χ2v) is 7.29. The molecule has 1 atom stereocenters. The zero-order valence-corrected chi connectivity index (χ0v) is 16.2. The van der Waals surface area contributed by atoms with Crippen molar-refractivity contribution in [1.29, 1.82) is 0 Å². The van der Waals surface area contributed by atoms with Gasteiger partial charge in [0.15, 0.2) is 0 Å². The number of benzene rings is 2. The maximum absolute atomic E-state index is 12.5. The van der Waals surface area contributed by atoms with Gasteiger partial charge in [0.05, 0.1) is 0 Å². The first-order valence-electron chi connectivity index (χ1n) is 9.75. The largest absolute Gasteiger partial charge is 0.352 e. The van der Waals surface area contributed by atoms with Crippen LogP contribution >= 0.6 is 0 Å². The van der Waals surface area contributed by atoms with Gasteiger partial charge in [-0.2, -0.15) is 0 Å². The normalized spacial score (nSPS) is 16.3. The van der Waals surface area contributed by atoms with E-state index in [4.69, 9.17) is 5.73 Å². The Bertz CT molecular complexity index is 784. The molecule has 0 bridgehead atoms. The molecule has 0 radical (unpaired) electrons. The topological polar surface area (TPSA) is 87.5 Å². The van der Waals surface area contributed by atoms with E-state index in [0.29, 0.717) is 18.2 Å². The fourth-order valence-electron chi connectivity index (χ4n) is 3.61. The molecule has 2 aromatic rings. The minimum atomic E-state index is -0.560. The predicted molar refractivity (Wildman–Crippen MR) is 110 cm³/mol. The Morgan fingerprint density at radius 1 is 1.07 bits per heavy atom. The van der Waals surface area contributed by atoms with Crippen LogP contribution in [0.1, 0.15) is 47.3 Å². The Morgan fingerprint density at radius 3 is 2.32 bits per heavy atom. The van der Waals surface area contributed by atoms with Gasteiger partial charge in [0, 0.05) is 37.3 Å². The zero-order chi connectivity index (χ0) is 19.9. The first-order valence-corrected chi connectivity index (χ1v) is 9.75. The lowest BCUT2D eigenvalue weighted by Gasteiger charge is -2.36. The molecule has 28 heavy (non-hydrogen) atoms. The number of hydrogen-bond donors (Lipinski definition) is 3. The van der Waals surface area contributed by atoms with E-state index in [2.05, 4.69) is 46.7 Å². The SMILES string of the molecule is CC(c1ccccc1)N1CCC(NC(=O)c2ccc(CNC(N)=O)cc2)CC1. The van der Waals surface area contributed by atoms with E-state index in [1.807, 2.05) is 18.2 Å². The number of urea groups is 1. The molecule has 2 aromatic carbocycles. The van der Waals surface area contributed by atoms with Gasteiger partial charge in [-0.15, -0.1) is 0 Å². The lowest BCUT2D eigenvalue weighted by atomic mass is 10.00. The Hall–Kier alpha value is -2.86. The molecule has 0 spiro atoms. The first kappa shape index (κ1) is 19.9. The molecule has 3 amide bonds. The van der Waals surface area contributed by atoms with Crippen LogP contribution in [0, 0.1) is 0 Å². The van der Waals surface area contributed by atoms with Crippen molar-refractivity contribution in [3.8, 4) is 0 Å². The monoisotopic (exact) mass is 380 g/mol. The lowest BCUT2D eigenvalue weighted by molar-refractivity contribution is 0.0896. The third kappa shape index (κ3) is 5.33. The molecule has 148 valence electrons. The van der Waals surface area contributed by atoms with Crippen LogP contribution in [0.15, 0.2) is 54.6 Å². The van der Waals surface area contributed by atoms with E-state index >= 15 is 0 Å². The van der Waals surface area contributed by atoms with Gasteiger partial charge >= 0.3 is 6.03 Å². The Balaban J connectivity index is 1.47. The number of primary amides is 1. The summed E-state index contributed by atoms with van der Waals surface area (Å²) in [5, 5.41) is 5.68. The standard InChI is InChI=1S/C22H28N4O2/c1-16(18-5-3-2-4-6-18)26-13-11-20(12-14-26)25-21(27)19-9-7-17(8-10-19)15-24-22(23)28/h2-10,16,20H,11-15H2,1H3,(H,25,27)(H3,23,24,28). The Morgan fingerprint density at radius 2 is 1.71 bits per heavy atom. The molecular formula is C22H28N4O2. The van der Waals surface area contributed by atoms with Crippen LogP contribution in [-0.4, -0.2) is 36.0 Å². The lowest BCUT2D eigenvalue weighted by Crippen LogP contribution is -2.45. The van der Waals surface area contributed by atoms with E-state index in [1.165, 1.54) is 5.56 Å². The van der Waals surface area contributed by atoms with Gasteiger partial charge in [-0.3, -0.25) is 9.69 Å². The minimum Gasteiger partial charge on any atom is -0.352 e. The van der Waals surface area contributed by atoms with E-state index in [9.17, 15) is 9.59 Å². The molecule has 6 nitrogen and oxygen atoms in total. The van der Waals surface area contributed by atoms with Crippen molar-refractivity contribution in [2.24, 2.45) is 5.73 Å². The summed E-state index contributed by atoms with van der Waals surface area (Å²) in [5.41, 5.74) is 7.92. The van der Waals surface area contributed by atoms with Gasteiger partial charge < -0.3 is 16.4 Å². The minimum absolute atomic E-state index is 0.0519. The van der Waals surface area contributed by atoms with Gasteiger partial charge in [0.2, 0.25) is 0 Å². The molecule has 6 heteroatoms. The van der Waals surface area contributed by atoms with Gasteiger partial charge in [-0.05, 0) is 43.0 Å². The van der Waals surface area contributed by atoms with Crippen LogP contribution in [-0.2, 0) is 6.54 Å². The van der Waals surface area contributed by atoms with Crippen molar-refractivity contribution in [2.45, 2.75) is 38.4 Å². The molecule has 1 aliphatic rings. The van der Waals surface area contributed by atoms with Crippen molar-refractivity contribution in [2.75, 3.05) is 13.1 Å². The van der Waals surface area contributed by atoms with Gasteiger partial charge in [0.25, 0.3) is 5.91 Å². The third-order valence-corrected chi connectivity index (χ3v) is 5.38. The summed E-state index contributed by atoms with van der Waals surface area (Å²) in [7, 11) is 0. The molecule has 1 fully saturated rings. The molecule has 1 aliphatic heterocycles. The molecule has 4 N–H and O–H groups in total. The van der Waals surface area contributed by atoms with Gasteiger partial charge in [0.1, 0.15) is 0 Å². The number of piperidine rings is 1. The molecule has 1 unspecified atom stereocenters. The van der Waals surface area contributed by atoms with Crippen molar-refractivity contribution < 1.29 is 9.59 Å². The highest BCUT2D eigenvalue weighted by atomic mass is 16.2. The molecule has 0 saturated carbocycles. The average Bonchev–Trinajstić information content (AvgIpc) is 2.73. The fourth-order valence-corrected chi connectivity index (χ4v) is 3.61.